The van der Waals surface area contributed by atoms with Gasteiger partial charge in [0.05, 0.1) is 0 Å². The van der Waals surface area contributed by atoms with E-state index in [9.17, 15) is 4.79 Å². The first kappa shape index (κ1) is 10.6. The monoisotopic (exact) mass is 183 g/mol. The zero-order chi connectivity index (χ0) is 9.68. The van der Waals surface area contributed by atoms with E-state index in [4.69, 9.17) is 0 Å². The highest BCUT2D eigenvalue weighted by Crippen LogP contribution is 2.26. The summed E-state index contributed by atoms with van der Waals surface area (Å²) in [5, 5.41) is 0. The molecule has 76 valence electrons. The molecular formula is C11H21NO. The van der Waals surface area contributed by atoms with Gasteiger partial charge in [0.25, 0.3) is 0 Å². The second kappa shape index (κ2) is 5.25. The minimum Gasteiger partial charge on any atom is -0.342 e. The maximum atomic E-state index is 10.8. The van der Waals surface area contributed by atoms with Gasteiger partial charge in [-0.3, -0.25) is 4.79 Å². The largest absolute Gasteiger partial charge is 0.342 e. The molecule has 0 N–H and O–H groups in total. The highest BCUT2D eigenvalue weighted by molar-refractivity contribution is 5.47. The van der Waals surface area contributed by atoms with E-state index in [1.165, 1.54) is 25.7 Å². The molecule has 0 saturated heterocycles. The second-order valence-electron chi connectivity index (χ2n) is 4.26. The van der Waals surface area contributed by atoms with Gasteiger partial charge < -0.3 is 4.90 Å². The lowest BCUT2D eigenvalue weighted by Crippen LogP contribution is -2.37. The normalized spacial score (nSPS) is 28.5. The summed E-state index contributed by atoms with van der Waals surface area (Å²) in [5.41, 5.74) is 0. The maximum absolute atomic E-state index is 10.8. The van der Waals surface area contributed by atoms with Crippen LogP contribution in [0.5, 0.6) is 0 Å². The molecule has 0 radical (unpaired) electrons. The van der Waals surface area contributed by atoms with Crippen molar-refractivity contribution in [3.63, 3.8) is 0 Å². The number of nitrogens with zero attached hydrogens (tertiary/aromatic N) is 1. The molecule has 1 fully saturated rings. The first-order chi connectivity index (χ1) is 6.27. The number of carbonyl (C=O) groups is 1. The van der Waals surface area contributed by atoms with E-state index in [2.05, 4.69) is 13.8 Å². The van der Waals surface area contributed by atoms with E-state index in [0.717, 1.165) is 25.3 Å². The molecule has 0 aromatic carbocycles. The van der Waals surface area contributed by atoms with Crippen LogP contribution in [0.1, 0.15) is 46.0 Å². The van der Waals surface area contributed by atoms with Crippen molar-refractivity contribution in [1.29, 1.82) is 0 Å². The molecule has 1 saturated carbocycles. The van der Waals surface area contributed by atoms with Crippen molar-refractivity contribution < 1.29 is 4.79 Å². The Balaban J connectivity index is 2.36. The van der Waals surface area contributed by atoms with Crippen molar-refractivity contribution in [2.45, 2.75) is 52.0 Å². The zero-order valence-electron chi connectivity index (χ0n) is 8.83. The van der Waals surface area contributed by atoms with Crippen LogP contribution in [-0.2, 0) is 4.79 Å². The van der Waals surface area contributed by atoms with Crippen LogP contribution in [0.3, 0.4) is 0 Å². The molecule has 1 rings (SSSR count). The highest BCUT2D eigenvalue weighted by Gasteiger charge is 2.22. The summed E-state index contributed by atoms with van der Waals surface area (Å²) >= 11 is 0. The quantitative estimate of drug-likeness (QED) is 0.613. The van der Waals surface area contributed by atoms with Crippen LogP contribution in [0.25, 0.3) is 0 Å². The second-order valence-corrected chi connectivity index (χ2v) is 4.26. The summed E-state index contributed by atoms with van der Waals surface area (Å²) in [6, 6.07) is 0.536. The van der Waals surface area contributed by atoms with E-state index in [1.54, 1.807) is 0 Å². The Kier molecular flexibility index (Phi) is 4.26. The van der Waals surface area contributed by atoms with Gasteiger partial charge in [0, 0.05) is 12.6 Å². The molecule has 0 aromatic heterocycles. The molecular weight excluding hydrogens is 162 g/mol. The van der Waals surface area contributed by atoms with Gasteiger partial charge >= 0.3 is 0 Å². The summed E-state index contributed by atoms with van der Waals surface area (Å²) in [7, 11) is 0. The fraction of sp³-hybridized carbons (Fsp3) is 0.909. The van der Waals surface area contributed by atoms with Gasteiger partial charge in [-0.25, -0.2) is 0 Å². The van der Waals surface area contributed by atoms with E-state index in [1.807, 2.05) is 4.90 Å². The van der Waals surface area contributed by atoms with E-state index < -0.39 is 0 Å². The molecule has 0 spiro atoms. The highest BCUT2D eigenvalue weighted by atomic mass is 16.1. The Morgan fingerprint density at radius 2 is 1.92 bits per heavy atom. The fourth-order valence-corrected chi connectivity index (χ4v) is 2.15. The summed E-state index contributed by atoms with van der Waals surface area (Å²) in [4.78, 5) is 12.8. The molecule has 1 amide bonds. The molecule has 0 atom stereocenters. The average Bonchev–Trinajstić information content (AvgIpc) is 2.16. The smallest absolute Gasteiger partial charge is 0.209 e. The molecule has 0 heterocycles. The molecule has 2 nitrogen and oxygen atoms in total. The van der Waals surface area contributed by atoms with Gasteiger partial charge in [0.1, 0.15) is 0 Å². The SMILES string of the molecule is CCCN(C=O)C1CCC(C)CC1. The third-order valence-corrected chi connectivity index (χ3v) is 3.07. The molecule has 0 unspecified atom stereocenters. The van der Waals surface area contributed by atoms with Crippen molar-refractivity contribution in [2.24, 2.45) is 5.92 Å². The molecule has 1 aliphatic rings. The standard InChI is InChI=1S/C11H21NO/c1-3-8-12(9-13)11-6-4-10(2)5-7-11/h9-11H,3-8H2,1-2H3. The lowest BCUT2D eigenvalue weighted by atomic mass is 9.87. The predicted octanol–water partition coefficient (Wildman–Crippen LogP) is 2.43. The van der Waals surface area contributed by atoms with Crippen molar-refractivity contribution in [3.8, 4) is 0 Å². The summed E-state index contributed by atoms with van der Waals surface area (Å²) in [5.74, 6) is 0.867. The van der Waals surface area contributed by atoms with Crippen LogP contribution in [0.2, 0.25) is 0 Å². The van der Waals surface area contributed by atoms with Crippen LogP contribution in [-0.4, -0.2) is 23.9 Å². The number of carbonyl (C=O) groups excluding carboxylic acids is 1. The van der Waals surface area contributed by atoms with Gasteiger partial charge in [0.15, 0.2) is 0 Å². The van der Waals surface area contributed by atoms with Crippen molar-refractivity contribution in [2.75, 3.05) is 6.54 Å². The lowest BCUT2D eigenvalue weighted by Gasteiger charge is -2.33. The van der Waals surface area contributed by atoms with Crippen molar-refractivity contribution in [3.05, 3.63) is 0 Å². The summed E-state index contributed by atoms with van der Waals surface area (Å²) < 4.78 is 0. The van der Waals surface area contributed by atoms with Crippen LogP contribution in [0.15, 0.2) is 0 Å². The van der Waals surface area contributed by atoms with Gasteiger partial charge in [-0.05, 0) is 38.0 Å². The van der Waals surface area contributed by atoms with Gasteiger partial charge in [-0.1, -0.05) is 13.8 Å². The van der Waals surface area contributed by atoms with Gasteiger partial charge in [0.2, 0.25) is 6.41 Å². The number of hydrogen-bond donors (Lipinski definition) is 0. The number of hydrogen-bond acceptors (Lipinski definition) is 1. The fourth-order valence-electron chi connectivity index (χ4n) is 2.15. The molecule has 13 heavy (non-hydrogen) atoms. The Hall–Kier alpha value is -0.530. The summed E-state index contributed by atoms with van der Waals surface area (Å²) in [6.45, 7) is 5.37. The lowest BCUT2D eigenvalue weighted by molar-refractivity contribution is -0.121. The first-order valence-corrected chi connectivity index (χ1v) is 5.49. The molecule has 0 aliphatic heterocycles. The van der Waals surface area contributed by atoms with E-state index >= 15 is 0 Å². The Morgan fingerprint density at radius 3 is 2.38 bits per heavy atom. The Bertz CT molecular complexity index is 150. The number of rotatable bonds is 4. The third kappa shape index (κ3) is 3.02. The third-order valence-electron chi connectivity index (χ3n) is 3.07. The van der Waals surface area contributed by atoms with Crippen LogP contribution < -0.4 is 0 Å². The van der Waals surface area contributed by atoms with Crippen LogP contribution >= 0.6 is 0 Å². The summed E-state index contributed by atoms with van der Waals surface area (Å²) in [6.07, 6.45) is 7.10. The van der Waals surface area contributed by atoms with Crippen molar-refractivity contribution >= 4 is 6.41 Å². The molecule has 0 aromatic rings. The molecule has 0 bridgehead atoms. The molecule has 1 aliphatic carbocycles. The van der Waals surface area contributed by atoms with Crippen LogP contribution in [0.4, 0.5) is 0 Å². The topological polar surface area (TPSA) is 20.3 Å². The minimum atomic E-state index is 0.536. The zero-order valence-corrected chi connectivity index (χ0v) is 8.83. The molecule has 2 heteroatoms. The van der Waals surface area contributed by atoms with E-state index in [-0.39, 0.29) is 0 Å². The van der Waals surface area contributed by atoms with E-state index in [0.29, 0.717) is 6.04 Å². The number of amides is 1. The van der Waals surface area contributed by atoms with Gasteiger partial charge in [-0.2, -0.15) is 0 Å². The van der Waals surface area contributed by atoms with Crippen LogP contribution in [0, 0.1) is 5.92 Å². The van der Waals surface area contributed by atoms with Gasteiger partial charge in [-0.15, -0.1) is 0 Å². The Labute approximate surface area is 81.3 Å². The Morgan fingerprint density at radius 1 is 1.31 bits per heavy atom. The minimum absolute atomic E-state index is 0.536. The maximum Gasteiger partial charge on any atom is 0.209 e. The van der Waals surface area contributed by atoms with Crippen molar-refractivity contribution in [1.82, 2.24) is 4.90 Å². The predicted molar refractivity (Wildman–Crippen MR) is 54.5 cm³/mol. The average molecular weight is 183 g/mol. The first-order valence-electron chi connectivity index (χ1n) is 5.49.